The molecule has 1 fully saturated rings. The number of likely N-dealkylation sites (tertiary alicyclic amines) is 1. The number of hydrogen-bond acceptors (Lipinski definition) is 10. The molecule has 1 aliphatic rings. The number of benzene rings is 1. The second kappa shape index (κ2) is 18.7. The van der Waals surface area contributed by atoms with Crippen LogP contribution < -0.4 is 32.7 Å². The van der Waals surface area contributed by atoms with Crippen LogP contribution in [-0.4, -0.2) is 111 Å². The molecule has 1 aliphatic heterocycles. The van der Waals surface area contributed by atoms with E-state index in [1.807, 2.05) is 13.8 Å². The highest BCUT2D eigenvalue weighted by atomic mass is 16.4. The van der Waals surface area contributed by atoms with Gasteiger partial charge < -0.3 is 53.0 Å². The van der Waals surface area contributed by atoms with Crippen LogP contribution in [0.3, 0.4) is 0 Å². The van der Waals surface area contributed by atoms with Crippen molar-refractivity contribution in [1.82, 2.24) is 26.2 Å². The van der Waals surface area contributed by atoms with Crippen LogP contribution >= 0.6 is 0 Å². The average Bonchev–Trinajstić information content (AvgIpc) is 3.51. The predicted molar refractivity (Wildman–Crippen MR) is 175 cm³/mol. The monoisotopic (exact) mass is 691 g/mol. The zero-order chi connectivity index (χ0) is 37.0. The van der Waals surface area contributed by atoms with Gasteiger partial charge in [-0.05, 0) is 69.6 Å². The summed E-state index contributed by atoms with van der Waals surface area (Å²) in [7, 11) is 0. The summed E-state index contributed by atoms with van der Waals surface area (Å²) in [6, 6.07) is -0.955. The summed E-state index contributed by atoms with van der Waals surface area (Å²) in [5, 5.41) is 38.4. The van der Waals surface area contributed by atoms with Crippen molar-refractivity contribution in [1.29, 1.82) is 0 Å². The highest BCUT2D eigenvalue weighted by molar-refractivity contribution is 5.97. The number of aliphatic carboxylic acids is 1. The number of hydrogen-bond donors (Lipinski definition) is 9. The van der Waals surface area contributed by atoms with Gasteiger partial charge in [0.05, 0.1) is 12.1 Å². The zero-order valence-electron chi connectivity index (χ0n) is 28.2. The van der Waals surface area contributed by atoms with Gasteiger partial charge in [-0.1, -0.05) is 26.0 Å². The van der Waals surface area contributed by atoms with Gasteiger partial charge in [-0.15, -0.1) is 0 Å². The van der Waals surface area contributed by atoms with Crippen molar-refractivity contribution in [2.24, 2.45) is 17.4 Å². The van der Waals surface area contributed by atoms with Gasteiger partial charge in [-0.25, -0.2) is 0 Å². The number of nitrogens with two attached hydrogens (primary N) is 2. The molecule has 0 unspecified atom stereocenters. The maximum Gasteiger partial charge on any atom is 0.303 e. The van der Waals surface area contributed by atoms with Crippen molar-refractivity contribution < 1.29 is 48.9 Å². The van der Waals surface area contributed by atoms with E-state index in [1.165, 1.54) is 30.9 Å². The Balaban J connectivity index is 2.13. The van der Waals surface area contributed by atoms with E-state index in [9.17, 15) is 43.8 Å². The first-order valence-corrected chi connectivity index (χ1v) is 16.2. The normalized spacial score (nSPS) is 17.9. The minimum Gasteiger partial charge on any atom is -0.508 e. The lowest BCUT2D eigenvalue weighted by molar-refractivity contribution is -0.143. The number of aliphatic hydroxyl groups is 1. The summed E-state index contributed by atoms with van der Waals surface area (Å²) in [5.74, 6) is -5.80. The summed E-state index contributed by atoms with van der Waals surface area (Å²) in [5.41, 5.74) is 12.0. The number of nitrogens with zero attached hydrogens (tertiary/aromatic N) is 1. The lowest BCUT2D eigenvalue weighted by Gasteiger charge is -2.31. The summed E-state index contributed by atoms with van der Waals surface area (Å²) in [4.78, 5) is 90.3. The molecule has 2 rings (SSSR count). The summed E-state index contributed by atoms with van der Waals surface area (Å²) in [6.07, 6.45) is -1.24. The van der Waals surface area contributed by atoms with Crippen LogP contribution in [0.15, 0.2) is 24.3 Å². The van der Waals surface area contributed by atoms with Crippen molar-refractivity contribution in [3.05, 3.63) is 29.8 Å². The molecule has 17 nitrogen and oxygen atoms in total. The van der Waals surface area contributed by atoms with Crippen molar-refractivity contribution in [3.8, 4) is 5.75 Å². The molecule has 11 N–H and O–H groups in total. The molecule has 7 atom stereocenters. The Labute approximate surface area is 284 Å². The number of carbonyl (C=O) groups is 7. The molecule has 0 bridgehead atoms. The van der Waals surface area contributed by atoms with E-state index in [4.69, 9.17) is 16.6 Å². The van der Waals surface area contributed by atoms with Gasteiger partial charge in [0.25, 0.3) is 0 Å². The van der Waals surface area contributed by atoms with Crippen LogP contribution in [-0.2, 0) is 40.0 Å². The van der Waals surface area contributed by atoms with Crippen molar-refractivity contribution in [2.75, 3.05) is 6.54 Å². The molecular weight excluding hydrogens is 642 g/mol. The average molecular weight is 692 g/mol. The number of carboxylic acids is 1. The van der Waals surface area contributed by atoms with E-state index in [2.05, 4.69) is 21.3 Å². The SMILES string of the molecule is CC(C)C[C@H](NC(=O)[C@H](C)NC(=O)[C@@H](N)Cc1ccc(O)cc1)C(=O)N1CCC[C@H]1C(=O)N[C@@H](CCC(=O)O)C(=O)N[C@H](C(N)=O)[C@@H](C)O. The van der Waals surface area contributed by atoms with E-state index in [0.717, 1.165) is 0 Å². The maximum absolute atomic E-state index is 13.8. The molecule has 272 valence electrons. The van der Waals surface area contributed by atoms with Gasteiger partial charge in [0, 0.05) is 13.0 Å². The third-order valence-corrected chi connectivity index (χ3v) is 8.01. The van der Waals surface area contributed by atoms with Gasteiger partial charge in [0.2, 0.25) is 35.4 Å². The van der Waals surface area contributed by atoms with Crippen molar-refractivity contribution in [2.45, 2.75) is 109 Å². The van der Waals surface area contributed by atoms with Crippen LogP contribution in [0.4, 0.5) is 0 Å². The first-order chi connectivity index (χ1) is 22.9. The lowest BCUT2D eigenvalue weighted by atomic mass is 10.0. The quantitative estimate of drug-likeness (QED) is 0.0811. The Hall–Kier alpha value is -4.77. The number of phenols is 1. The Morgan fingerprint density at radius 1 is 0.898 bits per heavy atom. The molecule has 1 saturated heterocycles. The third kappa shape index (κ3) is 12.6. The Morgan fingerprint density at radius 2 is 1.53 bits per heavy atom. The Morgan fingerprint density at radius 3 is 2.08 bits per heavy atom. The van der Waals surface area contributed by atoms with Crippen LogP contribution in [0.1, 0.15) is 65.4 Å². The molecule has 6 amide bonds. The first-order valence-electron chi connectivity index (χ1n) is 16.2. The van der Waals surface area contributed by atoms with Crippen LogP contribution in [0.25, 0.3) is 0 Å². The van der Waals surface area contributed by atoms with Gasteiger partial charge >= 0.3 is 5.97 Å². The molecule has 17 heteroatoms. The molecule has 49 heavy (non-hydrogen) atoms. The fraction of sp³-hybridized carbons (Fsp3) is 0.594. The Bertz CT molecular complexity index is 1350. The summed E-state index contributed by atoms with van der Waals surface area (Å²) < 4.78 is 0. The topological polar surface area (TPSA) is 284 Å². The summed E-state index contributed by atoms with van der Waals surface area (Å²) >= 11 is 0. The van der Waals surface area contributed by atoms with Crippen molar-refractivity contribution in [3.63, 3.8) is 0 Å². The number of aromatic hydroxyl groups is 1. The van der Waals surface area contributed by atoms with Crippen LogP contribution in [0.2, 0.25) is 0 Å². The number of nitrogens with one attached hydrogen (secondary N) is 4. The van der Waals surface area contributed by atoms with Gasteiger partial charge in [-0.2, -0.15) is 0 Å². The standard InChI is InChI=1S/C32H49N7O10/c1-16(2)14-23(37-28(45)17(3)35-29(46)21(33)15-19-7-9-20(41)10-8-19)32(49)39-13-5-6-24(39)31(48)36-22(11-12-25(42)43)30(47)38-26(18(4)40)27(34)44/h7-10,16-18,21-24,26,40-41H,5-6,11-15,33H2,1-4H3,(H2,34,44)(H,35,46)(H,36,48)(H,37,45)(H,38,47)(H,42,43)/t17-,18+,21-,22-,23-,24-,26-/m0/s1. The fourth-order valence-electron chi connectivity index (χ4n) is 5.35. The highest BCUT2D eigenvalue weighted by Crippen LogP contribution is 2.21. The highest BCUT2D eigenvalue weighted by Gasteiger charge is 2.40. The predicted octanol–water partition coefficient (Wildman–Crippen LogP) is -2.01. The van der Waals surface area contributed by atoms with Gasteiger partial charge in [-0.3, -0.25) is 33.6 Å². The number of rotatable bonds is 18. The number of carbonyl (C=O) groups excluding carboxylic acids is 6. The molecule has 0 spiro atoms. The third-order valence-electron chi connectivity index (χ3n) is 8.01. The maximum atomic E-state index is 13.8. The zero-order valence-corrected chi connectivity index (χ0v) is 28.2. The Kier molecular flexibility index (Phi) is 15.4. The fourth-order valence-corrected chi connectivity index (χ4v) is 5.35. The van der Waals surface area contributed by atoms with E-state index >= 15 is 0 Å². The number of carboxylic acid groups (broad SMARTS) is 1. The number of aliphatic hydroxyl groups excluding tert-OH is 1. The largest absolute Gasteiger partial charge is 0.508 e. The molecule has 1 heterocycles. The summed E-state index contributed by atoms with van der Waals surface area (Å²) in [6.45, 7) is 6.50. The van der Waals surface area contributed by atoms with Gasteiger partial charge in [0.1, 0.15) is 36.0 Å². The van der Waals surface area contributed by atoms with Crippen molar-refractivity contribution >= 4 is 41.4 Å². The minimum atomic E-state index is -1.50. The minimum absolute atomic E-state index is 0.0643. The molecule has 1 aromatic carbocycles. The number of phenolic OH excluding ortho intramolecular Hbond substituents is 1. The molecule has 0 aromatic heterocycles. The second-order valence-corrected chi connectivity index (χ2v) is 12.7. The second-order valence-electron chi connectivity index (χ2n) is 12.7. The number of amides is 6. The number of primary amides is 1. The molecule has 0 radical (unpaired) electrons. The van der Waals surface area contributed by atoms with E-state index in [0.29, 0.717) is 12.0 Å². The lowest BCUT2D eigenvalue weighted by Crippen LogP contribution is -2.59. The van der Waals surface area contributed by atoms with E-state index < -0.39 is 90.2 Å². The molecule has 1 aromatic rings. The van der Waals surface area contributed by atoms with Crippen LogP contribution in [0.5, 0.6) is 5.75 Å². The molecular formula is C32H49N7O10. The van der Waals surface area contributed by atoms with Crippen LogP contribution in [0, 0.1) is 5.92 Å². The van der Waals surface area contributed by atoms with E-state index in [-0.39, 0.29) is 43.9 Å². The molecule has 0 saturated carbocycles. The van der Waals surface area contributed by atoms with Gasteiger partial charge in [0.15, 0.2) is 0 Å². The van der Waals surface area contributed by atoms with E-state index in [1.54, 1.807) is 12.1 Å². The molecule has 0 aliphatic carbocycles. The first kappa shape index (κ1) is 40.4. The smallest absolute Gasteiger partial charge is 0.303 e.